The van der Waals surface area contributed by atoms with E-state index in [-0.39, 0.29) is 0 Å². The summed E-state index contributed by atoms with van der Waals surface area (Å²) in [6, 6.07) is 6.32. The highest BCUT2D eigenvalue weighted by Gasteiger charge is 2.12. The first-order chi connectivity index (χ1) is 7.66. The number of aliphatic hydroxyl groups is 1. The van der Waals surface area contributed by atoms with Gasteiger partial charge in [-0.05, 0) is 25.0 Å². The molecule has 0 aliphatic carbocycles. The molecule has 1 aromatic heterocycles. The molecule has 84 valence electrons. The molecule has 2 nitrogen and oxygen atoms in total. The van der Waals surface area contributed by atoms with Crippen LogP contribution in [0.1, 0.15) is 27.8 Å². The number of benzene rings is 1. The van der Waals surface area contributed by atoms with E-state index >= 15 is 0 Å². The SMILES string of the molecule is Cc1ccc(C)c(CC(O)c2nccs2)c1. The molecule has 1 heterocycles. The Hall–Kier alpha value is -1.19. The number of aromatic nitrogens is 1. The lowest BCUT2D eigenvalue weighted by atomic mass is 10.0. The molecule has 1 N–H and O–H groups in total. The van der Waals surface area contributed by atoms with E-state index < -0.39 is 6.10 Å². The molecular weight excluding hydrogens is 218 g/mol. The number of hydrogen-bond donors (Lipinski definition) is 1. The maximum Gasteiger partial charge on any atom is 0.121 e. The Morgan fingerprint density at radius 1 is 1.38 bits per heavy atom. The van der Waals surface area contributed by atoms with E-state index in [9.17, 15) is 5.11 Å². The van der Waals surface area contributed by atoms with Crippen LogP contribution in [0.3, 0.4) is 0 Å². The zero-order valence-corrected chi connectivity index (χ0v) is 10.3. The van der Waals surface area contributed by atoms with Gasteiger partial charge < -0.3 is 5.11 Å². The zero-order chi connectivity index (χ0) is 11.5. The largest absolute Gasteiger partial charge is 0.386 e. The molecule has 0 spiro atoms. The second-order valence-corrected chi connectivity index (χ2v) is 4.95. The summed E-state index contributed by atoms with van der Waals surface area (Å²) in [5, 5.41) is 12.7. The van der Waals surface area contributed by atoms with E-state index in [2.05, 4.69) is 37.0 Å². The molecule has 0 saturated carbocycles. The number of aliphatic hydroxyl groups excluding tert-OH is 1. The summed E-state index contributed by atoms with van der Waals surface area (Å²) >= 11 is 1.50. The van der Waals surface area contributed by atoms with Gasteiger partial charge in [0.1, 0.15) is 11.1 Å². The number of thiazole rings is 1. The smallest absolute Gasteiger partial charge is 0.121 e. The van der Waals surface area contributed by atoms with Gasteiger partial charge in [-0.1, -0.05) is 23.8 Å². The van der Waals surface area contributed by atoms with Crippen molar-refractivity contribution in [2.45, 2.75) is 26.4 Å². The van der Waals surface area contributed by atoms with Gasteiger partial charge >= 0.3 is 0 Å². The highest BCUT2D eigenvalue weighted by atomic mass is 32.1. The molecule has 2 aromatic rings. The summed E-state index contributed by atoms with van der Waals surface area (Å²) in [6.07, 6.45) is 1.88. The maximum absolute atomic E-state index is 10.0. The summed E-state index contributed by atoms with van der Waals surface area (Å²) in [6.45, 7) is 4.14. The molecular formula is C13H15NOS. The second-order valence-electron chi connectivity index (χ2n) is 4.02. The fourth-order valence-corrected chi connectivity index (χ4v) is 2.34. The van der Waals surface area contributed by atoms with Crippen molar-refractivity contribution >= 4 is 11.3 Å². The monoisotopic (exact) mass is 233 g/mol. The van der Waals surface area contributed by atoms with E-state index in [0.717, 1.165) is 5.01 Å². The van der Waals surface area contributed by atoms with Crippen LogP contribution in [-0.2, 0) is 6.42 Å². The molecule has 0 amide bonds. The van der Waals surface area contributed by atoms with Crippen LogP contribution in [0.25, 0.3) is 0 Å². The summed E-state index contributed by atoms with van der Waals surface area (Å²) in [7, 11) is 0. The van der Waals surface area contributed by atoms with E-state index in [1.165, 1.54) is 28.0 Å². The Morgan fingerprint density at radius 3 is 2.88 bits per heavy atom. The quantitative estimate of drug-likeness (QED) is 0.884. The van der Waals surface area contributed by atoms with Gasteiger partial charge in [-0.2, -0.15) is 0 Å². The predicted octanol–water partition coefficient (Wildman–Crippen LogP) is 3.04. The van der Waals surface area contributed by atoms with Crippen LogP contribution in [0.15, 0.2) is 29.8 Å². The van der Waals surface area contributed by atoms with Crippen molar-refractivity contribution in [2.24, 2.45) is 0 Å². The highest BCUT2D eigenvalue weighted by Crippen LogP contribution is 2.22. The standard InChI is InChI=1S/C13H15NOS/c1-9-3-4-10(2)11(7-9)8-12(15)13-14-5-6-16-13/h3-7,12,15H,8H2,1-2H3. The van der Waals surface area contributed by atoms with E-state index in [1.807, 2.05) is 5.38 Å². The van der Waals surface area contributed by atoms with Gasteiger partial charge in [0.05, 0.1) is 0 Å². The average molecular weight is 233 g/mol. The maximum atomic E-state index is 10.0. The summed E-state index contributed by atoms with van der Waals surface area (Å²) in [4.78, 5) is 4.13. The lowest BCUT2D eigenvalue weighted by Crippen LogP contribution is -2.03. The fourth-order valence-electron chi connectivity index (χ4n) is 1.71. The molecule has 1 aromatic carbocycles. The Labute approximate surface area is 99.6 Å². The minimum absolute atomic E-state index is 0.486. The molecule has 2 rings (SSSR count). The van der Waals surface area contributed by atoms with Crippen molar-refractivity contribution in [1.82, 2.24) is 4.98 Å². The fraction of sp³-hybridized carbons (Fsp3) is 0.308. The zero-order valence-electron chi connectivity index (χ0n) is 9.47. The molecule has 0 fully saturated rings. The molecule has 1 unspecified atom stereocenters. The average Bonchev–Trinajstić information content (AvgIpc) is 2.76. The van der Waals surface area contributed by atoms with E-state index in [4.69, 9.17) is 0 Å². The molecule has 0 saturated heterocycles. The van der Waals surface area contributed by atoms with Crippen molar-refractivity contribution in [3.8, 4) is 0 Å². The normalized spacial score (nSPS) is 12.7. The number of hydrogen-bond acceptors (Lipinski definition) is 3. The third kappa shape index (κ3) is 2.49. The van der Waals surface area contributed by atoms with Crippen molar-refractivity contribution in [2.75, 3.05) is 0 Å². The second kappa shape index (κ2) is 4.76. The minimum atomic E-state index is -0.486. The van der Waals surface area contributed by atoms with Gasteiger partial charge in [0, 0.05) is 18.0 Å². The molecule has 0 aliphatic heterocycles. The van der Waals surface area contributed by atoms with Gasteiger partial charge in [-0.15, -0.1) is 11.3 Å². The topological polar surface area (TPSA) is 33.1 Å². The summed E-state index contributed by atoms with van der Waals surface area (Å²) in [5.74, 6) is 0. The first-order valence-electron chi connectivity index (χ1n) is 5.30. The van der Waals surface area contributed by atoms with Crippen LogP contribution < -0.4 is 0 Å². The number of nitrogens with zero attached hydrogens (tertiary/aromatic N) is 1. The summed E-state index contributed by atoms with van der Waals surface area (Å²) < 4.78 is 0. The van der Waals surface area contributed by atoms with Gasteiger partial charge in [-0.25, -0.2) is 4.98 Å². The number of aryl methyl sites for hydroxylation is 2. The van der Waals surface area contributed by atoms with Gasteiger partial charge in [0.2, 0.25) is 0 Å². The van der Waals surface area contributed by atoms with Crippen molar-refractivity contribution < 1.29 is 5.11 Å². The molecule has 3 heteroatoms. The first kappa shape index (κ1) is 11.3. The third-order valence-electron chi connectivity index (χ3n) is 2.65. The van der Waals surface area contributed by atoms with Crippen molar-refractivity contribution in [1.29, 1.82) is 0 Å². The molecule has 0 bridgehead atoms. The molecule has 16 heavy (non-hydrogen) atoms. The van der Waals surface area contributed by atoms with Crippen LogP contribution in [0.4, 0.5) is 0 Å². The Kier molecular flexibility index (Phi) is 3.36. The van der Waals surface area contributed by atoms with E-state index in [0.29, 0.717) is 6.42 Å². The van der Waals surface area contributed by atoms with Gasteiger partial charge in [-0.3, -0.25) is 0 Å². The van der Waals surface area contributed by atoms with Gasteiger partial charge in [0.25, 0.3) is 0 Å². The third-order valence-corrected chi connectivity index (χ3v) is 3.53. The van der Waals surface area contributed by atoms with Gasteiger partial charge in [0.15, 0.2) is 0 Å². The minimum Gasteiger partial charge on any atom is -0.386 e. The number of rotatable bonds is 3. The van der Waals surface area contributed by atoms with Crippen molar-refractivity contribution in [3.05, 3.63) is 51.5 Å². The molecule has 0 aliphatic rings. The predicted molar refractivity (Wildman–Crippen MR) is 66.7 cm³/mol. The first-order valence-corrected chi connectivity index (χ1v) is 6.18. The van der Waals surface area contributed by atoms with Crippen LogP contribution in [-0.4, -0.2) is 10.1 Å². The summed E-state index contributed by atoms with van der Waals surface area (Å²) in [5.41, 5.74) is 3.65. The lowest BCUT2D eigenvalue weighted by molar-refractivity contribution is 0.178. The van der Waals surface area contributed by atoms with Crippen LogP contribution in [0.5, 0.6) is 0 Å². The molecule has 0 radical (unpaired) electrons. The Bertz CT molecular complexity index is 465. The lowest BCUT2D eigenvalue weighted by Gasteiger charge is -2.10. The Balaban J connectivity index is 2.17. The molecule has 1 atom stereocenters. The van der Waals surface area contributed by atoms with Crippen molar-refractivity contribution in [3.63, 3.8) is 0 Å². The van der Waals surface area contributed by atoms with Crippen LogP contribution >= 0.6 is 11.3 Å². The van der Waals surface area contributed by atoms with Crippen LogP contribution in [0.2, 0.25) is 0 Å². The highest BCUT2D eigenvalue weighted by molar-refractivity contribution is 7.09. The Morgan fingerprint density at radius 2 is 2.19 bits per heavy atom. The van der Waals surface area contributed by atoms with Crippen LogP contribution in [0, 0.1) is 13.8 Å². The van der Waals surface area contributed by atoms with E-state index in [1.54, 1.807) is 6.20 Å².